The van der Waals surface area contributed by atoms with Gasteiger partial charge in [-0.15, -0.1) is 0 Å². The lowest BCUT2D eigenvalue weighted by Crippen LogP contribution is -2.44. The molecule has 5 heteroatoms. The second-order valence-corrected chi connectivity index (χ2v) is 4.78. The van der Waals surface area contributed by atoms with Gasteiger partial charge in [0.25, 0.3) is 5.91 Å². The Morgan fingerprint density at radius 2 is 2.10 bits per heavy atom. The van der Waals surface area contributed by atoms with Crippen LogP contribution in [0.3, 0.4) is 0 Å². The number of carboxylic acid groups (broad SMARTS) is 1. The quantitative estimate of drug-likeness (QED) is 0.830. The van der Waals surface area contributed by atoms with Gasteiger partial charge in [-0.2, -0.15) is 0 Å². The number of carbonyl (C=O) groups is 2. The highest BCUT2D eigenvalue weighted by Gasteiger charge is 2.21. The van der Waals surface area contributed by atoms with Gasteiger partial charge in [0, 0.05) is 6.04 Å². The lowest BCUT2D eigenvalue weighted by Gasteiger charge is -2.26. The minimum atomic E-state index is -1.02. The average Bonchev–Trinajstić information content (AvgIpc) is 2.41. The van der Waals surface area contributed by atoms with Crippen LogP contribution < -0.4 is 4.74 Å². The van der Waals surface area contributed by atoms with Gasteiger partial charge in [0.2, 0.25) is 0 Å². The molecule has 20 heavy (non-hydrogen) atoms. The normalized spacial score (nSPS) is 11.8. The smallest absolute Gasteiger partial charge is 0.323 e. The molecule has 0 radical (unpaired) electrons. The lowest BCUT2D eigenvalue weighted by molar-refractivity contribution is -0.147. The van der Waals surface area contributed by atoms with Gasteiger partial charge in [0.15, 0.2) is 6.61 Å². The van der Waals surface area contributed by atoms with Crippen LogP contribution in [-0.2, 0) is 9.59 Å². The molecule has 110 valence electrons. The average molecular weight is 279 g/mol. The molecule has 0 aromatic heterocycles. The van der Waals surface area contributed by atoms with Crippen molar-refractivity contribution in [3.8, 4) is 5.75 Å². The third-order valence-corrected chi connectivity index (χ3v) is 3.10. The number of ether oxygens (including phenoxy) is 1. The molecule has 1 rings (SSSR count). The summed E-state index contributed by atoms with van der Waals surface area (Å²) in [6.07, 6.45) is 0.698. The van der Waals surface area contributed by atoms with Crippen LogP contribution in [0.1, 0.15) is 25.8 Å². The molecule has 0 aliphatic rings. The first-order valence-electron chi connectivity index (χ1n) is 6.64. The van der Waals surface area contributed by atoms with Gasteiger partial charge in [-0.25, -0.2) is 0 Å². The van der Waals surface area contributed by atoms with Gasteiger partial charge in [0.05, 0.1) is 0 Å². The number of carboxylic acids is 1. The Labute approximate surface area is 119 Å². The summed E-state index contributed by atoms with van der Waals surface area (Å²) in [5, 5.41) is 8.86. The van der Waals surface area contributed by atoms with Crippen molar-refractivity contribution < 1.29 is 19.4 Å². The summed E-state index contributed by atoms with van der Waals surface area (Å²) in [7, 11) is 0. The number of benzene rings is 1. The number of amides is 1. The predicted molar refractivity (Wildman–Crippen MR) is 75.8 cm³/mol. The van der Waals surface area contributed by atoms with Crippen LogP contribution in [0.5, 0.6) is 5.75 Å². The number of aliphatic carboxylic acids is 1. The molecule has 1 amide bonds. The van der Waals surface area contributed by atoms with Crippen molar-refractivity contribution in [2.45, 2.75) is 33.2 Å². The molecule has 1 atom stereocenters. The van der Waals surface area contributed by atoms with E-state index in [1.807, 2.05) is 39.0 Å². The standard InChI is InChI=1S/C15H21NO4/c1-4-12(3)16(9-15(18)19)14(17)10-20-13-7-5-6-11(2)8-13/h5-8,12H,4,9-10H2,1-3H3,(H,18,19). The van der Waals surface area contributed by atoms with E-state index in [0.717, 1.165) is 5.56 Å². The molecule has 0 aliphatic heterocycles. The van der Waals surface area contributed by atoms with Crippen LogP contribution in [0, 0.1) is 6.92 Å². The van der Waals surface area contributed by atoms with Gasteiger partial charge >= 0.3 is 5.97 Å². The van der Waals surface area contributed by atoms with E-state index in [1.165, 1.54) is 4.90 Å². The maximum atomic E-state index is 12.1. The SMILES string of the molecule is CCC(C)N(CC(=O)O)C(=O)COc1cccc(C)c1. The zero-order valence-electron chi connectivity index (χ0n) is 12.1. The Kier molecular flexibility index (Phi) is 6.03. The fourth-order valence-corrected chi connectivity index (χ4v) is 1.79. The first kappa shape index (κ1) is 16.0. The summed E-state index contributed by atoms with van der Waals surface area (Å²) in [6, 6.07) is 7.26. The van der Waals surface area contributed by atoms with E-state index in [4.69, 9.17) is 9.84 Å². The van der Waals surface area contributed by atoms with Crippen LogP contribution in [0.15, 0.2) is 24.3 Å². The maximum Gasteiger partial charge on any atom is 0.323 e. The van der Waals surface area contributed by atoms with Crippen LogP contribution in [-0.4, -0.2) is 41.1 Å². The summed E-state index contributed by atoms with van der Waals surface area (Å²) >= 11 is 0. The minimum Gasteiger partial charge on any atom is -0.484 e. The van der Waals surface area contributed by atoms with E-state index in [0.29, 0.717) is 12.2 Å². The monoisotopic (exact) mass is 279 g/mol. The summed E-state index contributed by atoms with van der Waals surface area (Å²) < 4.78 is 5.42. The van der Waals surface area contributed by atoms with Gasteiger partial charge in [-0.05, 0) is 38.0 Å². The second kappa shape index (κ2) is 7.53. The molecule has 1 aromatic rings. The van der Waals surface area contributed by atoms with Crippen molar-refractivity contribution in [2.24, 2.45) is 0 Å². The first-order chi connectivity index (χ1) is 9.43. The molecular weight excluding hydrogens is 258 g/mol. The molecule has 0 spiro atoms. The van der Waals surface area contributed by atoms with E-state index in [2.05, 4.69) is 0 Å². The second-order valence-electron chi connectivity index (χ2n) is 4.78. The van der Waals surface area contributed by atoms with Crippen LogP contribution in [0.25, 0.3) is 0 Å². The maximum absolute atomic E-state index is 12.1. The zero-order chi connectivity index (χ0) is 15.1. The van der Waals surface area contributed by atoms with Crippen molar-refractivity contribution in [3.05, 3.63) is 29.8 Å². The summed E-state index contributed by atoms with van der Waals surface area (Å²) in [6.45, 7) is 5.22. The molecular formula is C15H21NO4. The largest absolute Gasteiger partial charge is 0.484 e. The van der Waals surface area contributed by atoms with E-state index in [-0.39, 0.29) is 25.1 Å². The number of nitrogens with zero attached hydrogens (tertiary/aromatic N) is 1. The number of hydrogen-bond donors (Lipinski definition) is 1. The predicted octanol–water partition coefficient (Wildman–Crippen LogP) is 2.09. The highest BCUT2D eigenvalue weighted by Crippen LogP contribution is 2.13. The fourth-order valence-electron chi connectivity index (χ4n) is 1.79. The minimum absolute atomic E-state index is 0.125. The molecule has 0 aliphatic carbocycles. The molecule has 1 N–H and O–H groups in total. The van der Waals surface area contributed by atoms with E-state index >= 15 is 0 Å². The van der Waals surface area contributed by atoms with E-state index in [9.17, 15) is 9.59 Å². The Morgan fingerprint density at radius 3 is 2.65 bits per heavy atom. The topological polar surface area (TPSA) is 66.8 Å². The van der Waals surface area contributed by atoms with Crippen LogP contribution in [0.2, 0.25) is 0 Å². The summed E-state index contributed by atoms with van der Waals surface area (Å²) in [4.78, 5) is 24.2. The van der Waals surface area contributed by atoms with Crippen LogP contribution in [0.4, 0.5) is 0 Å². The molecule has 1 unspecified atom stereocenters. The highest BCUT2D eigenvalue weighted by molar-refractivity contribution is 5.82. The fraction of sp³-hybridized carbons (Fsp3) is 0.467. The molecule has 5 nitrogen and oxygen atoms in total. The van der Waals surface area contributed by atoms with E-state index in [1.54, 1.807) is 6.07 Å². The zero-order valence-corrected chi connectivity index (χ0v) is 12.1. The number of aryl methyl sites for hydroxylation is 1. The van der Waals surface area contributed by atoms with Gasteiger partial charge in [-0.1, -0.05) is 19.1 Å². The third kappa shape index (κ3) is 4.91. The van der Waals surface area contributed by atoms with Crippen molar-refractivity contribution in [3.63, 3.8) is 0 Å². The number of hydrogen-bond acceptors (Lipinski definition) is 3. The molecule has 0 fully saturated rings. The molecule has 0 bridgehead atoms. The summed E-state index contributed by atoms with van der Waals surface area (Å²) in [5.41, 5.74) is 1.04. The third-order valence-electron chi connectivity index (χ3n) is 3.10. The van der Waals surface area contributed by atoms with E-state index < -0.39 is 5.97 Å². The molecule has 0 heterocycles. The first-order valence-corrected chi connectivity index (χ1v) is 6.64. The molecule has 0 saturated heterocycles. The molecule has 0 saturated carbocycles. The number of carbonyl (C=O) groups excluding carboxylic acids is 1. The summed E-state index contributed by atoms with van der Waals surface area (Å²) in [5.74, 6) is -0.727. The van der Waals surface area contributed by atoms with Gasteiger partial charge < -0.3 is 14.7 Å². The van der Waals surface area contributed by atoms with Crippen molar-refractivity contribution in [2.75, 3.05) is 13.2 Å². The van der Waals surface area contributed by atoms with Gasteiger partial charge in [-0.3, -0.25) is 9.59 Å². The Balaban J connectivity index is 2.64. The Morgan fingerprint density at radius 1 is 1.40 bits per heavy atom. The van der Waals surface area contributed by atoms with Gasteiger partial charge in [0.1, 0.15) is 12.3 Å². The number of rotatable bonds is 7. The van der Waals surface area contributed by atoms with Crippen molar-refractivity contribution >= 4 is 11.9 Å². The Bertz CT molecular complexity index is 473. The van der Waals surface area contributed by atoms with Crippen molar-refractivity contribution in [1.82, 2.24) is 4.90 Å². The Hall–Kier alpha value is -2.04. The van der Waals surface area contributed by atoms with Crippen molar-refractivity contribution in [1.29, 1.82) is 0 Å². The molecule has 1 aromatic carbocycles. The van der Waals surface area contributed by atoms with Crippen LogP contribution >= 0.6 is 0 Å². The highest BCUT2D eigenvalue weighted by atomic mass is 16.5. The lowest BCUT2D eigenvalue weighted by atomic mass is 10.2.